The minimum Gasteiger partial charge on any atom is -0.391 e. The Labute approximate surface area is 311 Å². The van der Waals surface area contributed by atoms with Gasteiger partial charge in [0.05, 0.1) is 48.8 Å². The van der Waals surface area contributed by atoms with E-state index in [1.165, 1.54) is 0 Å². The molecule has 2 aromatic heterocycles. The highest BCUT2D eigenvalue weighted by atomic mass is 16.3. The van der Waals surface area contributed by atoms with Gasteiger partial charge in [-0.15, -0.1) is 0 Å². The Bertz CT molecular complexity index is 1730. The molecule has 2 saturated heterocycles. The third-order valence-electron chi connectivity index (χ3n) is 10.3. The summed E-state index contributed by atoms with van der Waals surface area (Å²) in [5.74, 6) is -1.18. The van der Waals surface area contributed by atoms with E-state index in [0.717, 1.165) is 45.0 Å². The zero-order valence-corrected chi connectivity index (χ0v) is 31.6. The molecule has 0 spiro atoms. The van der Waals surface area contributed by atoms with Crippen LogP contribution in [0.1, 0.15) is 67.3 Å². The van der Waals surface area contributed by atoms with Crippen molar-refractivity contribution in [2.45, 2.75) is 82.8 Å². The maximum Gasteiger partial charge on any atom is 0.242 e. The molecular formula is C39H56N8O6. The lowest BCUT2D eigenvalue weighted by Gasteiger charge is -2.26. The number of aliphatic hydroxyl groups excluding tert-OH is 2. The molecule has 288 valence electrons. The molecule has 0 radical (unpaired) electrons. The highest BCUT2D eigenvalue weighted by molar-refractivity contribution is 5.89. The molecule has 0 bridgehead atoms. The van der Waals surface area contributed by atoms with Crippen LogP contribution in [0.15, 0.2) is 25.8 Å². The van der Waals surface area contributed by atoms with E-state index in [0.29, 0.717) is 25.7 Å². The first-order valence-electron chi connectivity index (χ1n) is 18.2. The number of likely N-dealkylation sites (tertiary alicyclic amines) is 2. The predicted octanol–water partition coefficient (Wildman–Crippen LogP) is 1.43. The van der Waals surface area contributed by atoms with Gasteiger partial charge in [-0.3, -0.25) is 19.2 Å². The zero-order valence-electron chi connectivity index (χ0n) is 31.6. The normalized spacial score (nSPS) is 21.1. The van der Waals surface area contributed by atoms with E-state index in [2.05, 4.69) is 51.0 Å². The number of hydrogen-bond acceptors (Lipinski definition) is 8. The van der Waals surface area contributed by atoms with E-state index < -0.39 is 24.3 Å². The van der Waals surface area contributed by atoms with Crippen molar-refractivity contribution in [3.05, 3.63) is 59.5 Å². The van der Waals surface area contributed by atoms with Crippen LogP contribution in [-0.2, 0) is 32.0 Å². The van der Waals surface area contributed by atoms with E-state index in [4.69, 9.17) is 0 Å². The third-order valence-corrected chi connectivity index (χ3v) is 10.3. The molecule has 2 aliphatic heterocycles. The maximum atomic E-state index is 13.5. The van der Waals surface area contributed by atoms with Crippen molar-refractivity contribution in [1.82, 2.24) is 41.0 Å². The summed E-state index contributed by atoms with van der Waals surface area (Å²) in [7, 11) is 3.33. The number of H-pyrrole nitrogens is 2. The molecule has 4 amide bonds. The average molecular weight is 733 g/mol. The number of rotatable bonds is 17. The summed E-state index contributed by atoms with van der Waals surface area (Å²) >= 11 is 0. The molecule has 4 heterocycles. The fraction of sp³-hybridized carbons (Fsp3) is 0.487. The van der Waals surface area contributed by atoms with Crippen molar-refractivity contribution in [2.24, 2.45) is 0 Å². The molecule has 0 unspecified atom stereocenters. The Morgan fingerprint density at radius 3 is 1.55 bits per heavy atom. The fourth-order valence-corrected chi connectivity index (χ4v) is 7.26. The first kappa shape index (κ1) is 41.0. The summed E-state index contributed by atoms with van der Waals surface area (Å²) in [6, 6.07) is -1.69. The molecule has 4 rings (SSSR count). The van der Waals surface area contributed by atoms with Gasteiger partial charge < -0.3 is 51.2 Å². The number of amides is 4. The van der Waals surface area contributed by atoms with Gasteiger partial charge >= 0.3 is 0 Å². The number of nitrogens with one attached hydrogen (secondary N) is 6. The largest absolute Gasteiger partial charge is 0.391 e. The summed E-state index contributed by atoms with van der Waals surface area (Å²) < 4.78 is 0. The van der Waals surface area contributed by atoms with Crippen LogP contribution in [0.25, 0.3) is 35.7 Å². The van der Waals surface area contributed by atoms with Crippen LogP contribution in [0.2, 0.25) is 0 Å². The average Bonchev–Trinajstić information content (AvgIpc) is 3.91. The standard InChI is InChI=1S/C39H56N8O6/c1-9-13-29-31(17-25-15-27(49)21-47(25)35(51)19-43-39(53)23(6)41-8)37(45-33(29)12-4)36-30(28(10-2)32(11-3)44-36)16-24-14-26(48)20-46(24)34(50)18-42-38(52)22(5)40-7/h9-13,22-27,40-41,44-45,48-49H,2-4,14-21H2,1,5-8H3,(H,42,52)(H,43,53)/b13-9-/t22-,23-,24-,25-,26-,27-/m0/s1. The van der Waals surface area contributed by atoms with Gasteiger partial charge in [-0.05, 0) is 83.8 Å². The van der Waals surface area contributed by atoms with E-state index in [1.807, 2.05) is 19.1 Å². The van der Waals surface area contributed by atoms with E-state index in [-0.39, 0.29) is 61.9 Å². The number of aromatic amines is 2. The SMILES string of the molecule is C=Cc1[nH]c(-c2[nH]c(C=C)c(/C=C\C)c2C[C@@H]2C[C@H](O)CN2C(=O)CNC(=O)[C@H](C)NC)c(C[C@@H]2C[C@H](O)CN2C(=O)CNC(=O)[C@H](C)NC)c1C=C. The minimum atomic E-state index is -0.734. The number of allylic oxidation sites excluding steroid dienone is 1. The molecule has 0 saturated carbocycles. The Kier molecular flexibility index (Phi) is 14.2. The van der Waals surface area contributed by atoms with Crippen LogP contribution in [-0.4, -0.2) is 130 Å². The van der Waals surface area contributed by atoms with Crippen LogP contribution >= 0.6 is 0 Å². The van der Waals surface area contributed by atoms with E-state index >= 15 is 0 Å². The Morgan fingerprint density at radius 2 is 1.17 bits per heavy atom. The number of aliphatic hydroxyl groups is 2. The van der Waals surface area contributed by atoms with Crippen molar-refractivity contribution in [2.75, 3.05) is 40.3 Å². The lowest BCUT2D eigenvalue weighted by Crippen LogP contribution is -2.47. The van der Waals surface area contributed by atoms with Crippen molar-refractivity contribution in [1.29, 1.82) is 0 Å². The molecule has 2 aliphatic rings. The molecule has 2 fully saturated rings. The molecule has 14 nitrogen and oxygen atoms in total. The van der Waals surface area contributed by atoms with Gasteiger partial charge in [0.1, 0.15) is 0 Å². The van der Waals surface area contributed by atoms with Gasteiger partial charge in [-0.1, -0.05) is 38.0 Å². The van der Waals surface area contributed by atoms with Gasteiger partial charge in [0.2, 0.25) is 23.6 Å². The minimum absolute atomic E-state index is 0.139. The van der Waals surface area contributed by atoms with Gasteiger partial charge in [0.25, 0.3) is 0 Å². The second-order valence-electron chi connectivity index (χ2n) is 13.8. The van der Waals surface area contributed by atoms with Gasteiger partial charge in [0, 0.05) is 47.7 Å². The van der Waals surface area contributed by atoms with Crippen LogP contribution in [0.4, 0.5) is 0 Å². The Balaban J connectivity index is 1.74. The zero-order chi connectivity index (χ0) is 39.0. The lowest BCUT2D eigenvalue weighted by atomic mass is 9.93. The second kappa shape index (κ2) is 18.3. The highest BCUT2D eigenvalue weighted by Gasteiger charge is 2.38. The fourth-order valence-electron chi connectivity index (χ4n) is 7.26. The number of carbonyl (C=O) groups is 4. The summed E-state index contributed by atoms with van der Waals surface area (Å²) in [6.45, 7) is 17.4. The number of aromatic nitrogens is 2. The second-order valence-corrected chi connectivity index (χ2v) is 13.8. The third kappa shape index (κ3) is 9.25. The van der Waals surface area contributed by atoms with Gasteiger partial charge in [-0.2, -0.15) is 0 Å². The Morgan fingerprint density at radius 1 is 0.755 bits per heavy atom. The monoisotopic (exact) mass is 732 g/mol. The number of nitrogens with zero attached hydrogens (tertiary/aromatic N) is 2. The number of hydrogen-bond donors (Lipinski definition) is 8. The molecule has 6 atom stereocenters. The number of β-amino-alcohol motifs (C(OH)–C–C–N with tert-alkyl or cyclic N) is 2. The molecule has 14 heteroatoms. The smallest absolute Gasteiger partial charge is 0.242 e. The Hall–Kier alpha value is -4.76. The van der Waals surface area contributed by atoms with Crippen molar-refractivity contribution in [3.8, 4) is 11.4 Å². The molecule has 0 aromatic carbocycles. The first-order valence-corrected chi connectivity index (χ1v) is 18.2. The summed E-state index contributed by atoms with van der Waals surface area (Å²) in [5.41, 5.74) is 6.38. The van der Waals surface area contributed by atoms with E-state index in [1.54, 1.807) is 56.0 Å². The lowest BCUT2D eigenvalue weighted by molar-refractivity contribution is -0.134. The van der Waals surface area contributed by atoms with Crippen LogP contribution < -0.4 is 21.3 Å². The summed E-state index contributed by atoms with van der Waals surface area (Å²) in [4.78, 5) is 62.1. The predicted molar refractivity (Wildman–Crippen MR) is 208 cm³/mol. The topological polar surface area (TPSA) is 195 Å². The molecule has 53 heavy (non-hydrogen) atoms. The maximum absolute atomic E-state index is 13.5. The quantitative estimate of drug-likeness (QED) is 0.120. The summed E-state index contributed by atoms with van der Waals surface area (Å²) in [6.07, 6.45) is 9.06. The van der Waals surface area contributed by atoms with Crippen molar-refractivity contribution in [3.63, 3.8) is 0 Å². The van der Waals surface area contributed by atoms with Gasteiger partial charge in [0.15, 0.2) is 0 Å². The van der Waals surface area contributed by atoms with Gasteiger partial charge in [-0.25, -0.2) is 0 Å². The first-order chi connectivity index (χ1) is 25.3. The highest BCUT2D eigenvalue weighted by Crippen LogP contribution is 2.39. The van der Waals surface area contributed by atoms with Crippen LogP contribution in [0.5, 0.6) is 0 Å². The van der Waals surface area contributed by atoms with Crippen molar-refractivity contribution < 1.29 is 29.4 Å². The number of carbonyl (C=O) groups excluding carboxylic acids is 4. The van der Waals surface area contributed by atoms with Crippen molar-refractivity contribution >= 4 is 47.9 Å². The van der Waals surface area contributed by atoms with E-state index in [9.17, 15) is 29.4 Å². The van der Waals surface area contributed by atoms with Crippen LogP contribution in [0.3, 0.4) is 0 Å². The number of likely N-dealkylation sites (N-methyl/N-ethyl adjacent to an activating group) is 2. The van der Waals surface area contributed by atoms with Crippen LogP contribution in [0, 0.1) is 0 Å². The molecule has 8 N–H and O–H groups in total. The molecule has 0 aliphatic carbocycles. The molecule has 2 aromatic rings. The molecular weight excluding hydrogens is 676 g/mol. The summed E-state index contributed by atoms with van der Waals surface area (Å²) in [5, 5.41) is 32.6.